The monoisotopic (exact) mass is 389 g/mol. The highest BCUT2D eigenvalue weighted by Crippen LogP contribution is 2.47. The Kier molecular flexibility index (Phi) is 7.14. The van der Waals surface area contributed by atoms with Crippen molar-refractivity contribution in [1.29, 1.82) is 0 Å². The highest BCUT2D eigenvalue weighted by atomic mass is 19.1. The van der Waals surface area contributed by atoms with Gasteiger partial charge in [-0.1, -0.05) is 58.8 Å². The van der Waals surface area contributed by atoms with Gasteiger partial charge in [-0.2, -0.15) is 0 Å². The lowest BCUT2D eigenvalue weighted by Gasteiger charge is -2.47. The summed E-state index contributed by atoms with van der Waals surface area (Å²) < 4.78 is 20.5. The van der Waals surface area contributed by atoms with Crippen LogP contribution in [0.25, 0.3) is 0 Å². The third-order valence-corrected chi connectivity index (χ3v) is 6.98. The predicted octanol–water partition coefficient (Wildman–Crippen LogP) is 5.81. The van der Waals surface area contributed by atoms with E-state index in [4.69, 9.17) is 10.5 Å². The fourth-order valence-electron chi connectivity index (χ4n) is 5.19. The summed E-state index contributed by atoms with van der Waals surface area (Å²) in [6.45, 7) is 4.34. The smallest absolute Gasteiger partial charge is 0.311 e. The van der Waals surface area contributed by atoms with Gasteiger partial charge in [0.25, 0.3) is 0 Å². The van der Waals surface area contributed by atoms with E-state index < -0.39 is 0 Å². The number of unbranched alkanes of at least 4 members (excludes halogenated alkanes) is 4. The lowest BCUT2D eigenvalue weighted by molar-refractivity contribution is -0.134. The van der Waals surface area contributed by atoms with Gasteiger partial charge in [-0.15, -0.1) is 0 Å². The molecule has 3 nitrogen and oxygen atoms in total. The van der Waals surface area contributed by atoms with Crippen LogP contribution in [-0.2, 0) is 16.6 Å². The first kappa shape index (κ1) is 21.3. The van der Waals surface area contributed by atoms with Crippen molar-refractivity contribution in [3.8, 4) is 5.75 Å². The average molecular weight is 390 g/mol. The van der Waals surface area contributed by atoms with Crippen LogP contribution in [-0.4, -0.2) is 12.0 Å². The van der Waals surface area contributed by atoms with Crippen LogP contribution >= 0.6 is 0 Å². The molecule has 3 atom stereocenters. The molecule has 2 bridgehead atoms. The molecule has 4 heteroatoms. The molecule has 3 rings (SSSR count). The third-order valence-electron chi connectivity index (χ3n) is 6.98. The zero-order chi connectivity index (χ0) is 20.1. The van der Waals surface area contributed by atoms with Crippen LogP contribution in [0.2, 0.25) is 0 Å². The van der Waals surface area contributed by atoms with E-state index in [9.17, 15) is 9.18 Å². The molecule has 0 radical (unpaired) electrons. The molecule has 2 N–H and O–H groups in total. The Balaban J connectivity index is 1.75. The van der Waals surface area contributed by atoms with Crippen LogP contribution in [0.15, 0.2) is 12.1 Å². The van der Waals surface area contributed by atoms with Crippen molar-refractivity contribution in [3.05, 3.63) is 29.1 Å². The number of esters is 1. The Hall–Kier alpha value is -1.42. The Bertz CT molecular complexity index is 689. The van der Waals surface area contributed by atoms with Gasteiger partial charge in [0.15, 0.2) is 0 Å². The van der Waals surface area contributed by atoms with E-state index in [1.807, 2.05) is 6.07 Å². The van der Waals surface area contributed by atoms with Crippen molar-refractivity contribution in [1.82, 2.24) is 0 Å². The zero-order valence-corrected chi connectivity index (χ0v) is 17.6. The Morgan fingerprint density at radius 3 is 2.79 bits per heavy atom. The molecule has 1 saturated carbocycles. The molecule has 0 heterocycles. The lowest BCUT2D eigenvalue weighted by atomic mass is 9.60. The molecule has 1 aromatic carbocycles. The van der Waals surface area contributed by atoms with Gasteiger partial charge in [-0.05, 0) is 48.8 Å². The highest BCUT2D eigenvalue weighted by molar-refractivity contribution is 5.72. The zero-order valence-electron chi connectivity index (χ0n) is 17.6. The van der Waals surface area contributed by atoms with Crippen LogP contribution in [0.1, 0.15) is 95.6 Å². The number of hydrogen-bond acceptors (Lipinski definition) is 3. The van der Waals surface area contributed by atoms with Gasteiger partial charge in [-0.25, -0.2) is 4.39 Å². The first-order valence-corrected chi connectivity index (χ1v) is 11.2. The number of fused-ring (bicyclic) bond motifs is 4. The van der Waals surface area contributed by atoms with E-state index in [2.05, 4.69) is 13.8 Å². The summed E-state index contributed by atoms with van der Waals surface area (Å²) in [6, 6.07) is 3.32. The fourth-order valence-corrected chi connectivity index (χ4v) is 5.19. The first-order chi connectivity index (χ1) is 13.5. The van der Waals surface area contributed by atoms with Crippen molar-refractivity contribution in [2.24, 2.45) is 11.7 Å². The second-order valence-electron chi connectivity index (χ2n) is 9.08. The molecule has 0 saturated heterocycles. The number of carbonyl (C=O) groups is 1. The normalized spacial score (nSPS) is 26.9. The third kappa shape index (κ3) is 4.59. The number of carbonyl (C=O) groups excluding carboxylic acids is 1. The summed E-state index contributed by atoms with van der Waals surface area (Å²) in [5.74, 6) is 0.163. The topological polar surface area (TPSA) is 52.3 Å². The van der Waals surface area contributed by atoms with Crippen LogP contribution in [0, 0.1) is 11.7 Å². The van der Waals surface area contributed by atoms with Gasteiger partial charge in [0, 0.05) is 23.9 Å². The van der Waals surface area contributed by atoms with Crippen LogP contribution in [0.3, 0.4) is 0 Å². The molecule has 0 aliphatic heterocycles. The molecule has 0 spiro atoms. The van der Waals surface area contributed by atoms with Crippen molar-refractivity contribution in [3.63, 3.8) is 0 Å². The van der Waals surface area contributed by atoms with Crippen LogP contribution in [0.4, 0.5) is 4.39 Å². The Morgan fingerprint density at radius 2 is 2.00 bits per heavy atom. The van der Waals surface area contributed by atoms with Crippen LogP contribution in [0.5, 0.6) is 5.75 Å². The van der Waals surface area contributed by atoms with E-state index in [-0.39, 0.29) is 23.2 Å². The molecule has 2 aliphatic rings. The van der Waals surface area contributed by atoms with E-state index in [1.54, 1.807) is 0 Å². The van der Waals surface area contributed by atoms with Crippen LogP contribution < -0.4 is 10.5 Å². The average Bonchev–Trinajstić information content (AvgIpc) is 2.65. The van der Waals surface area contributed by atoms with Crippen molar-refractivity contribution < 1.29 is 13.9 Å². The molecule has 0 aromatic heterocycles. The molecule has 28 heavy (non-hydrogen) atoms. The minimum atomic E-state index is -0.267. The maximum Gasteiger partial charge on any atom is 0.311 e. The lowest BCUT2D eigenvalue weighted by Crippen LogP contribution is -2.53. The van der Waals surface area contributed by atoms with Gasteiger partial charge in [0.2, 0.25) is 0 Å². The molecule has 156 valence electrons. The van der Waals surface area contributed by atoms with Crippen molar-refractivity contribution in [2.75, 3.05) is 0 Å². The molecule has 2 aliphatic carbocycles. The number of nitrogens with two attached hydrogens (primary N) is 1. The van der Waals surface area contributed by atoms with Crippen molar-refractivity contribution in [2.45, 2.75) is 102 Å². The van der Waals surface area contributed by atoms with Gasteiger partial charge in [0.05, 0.1) is 0 Å². The molecular formula is C24H36FNO2. The van der Waals surface area contributed by atoms with Crippen molar-refractivity contribution >= 4 is 5.97 Å². The largest absolute Gasteiger partial charge is 0.426 e. The summed E-state index contributed by atoms with van der Waals surface area (Å²) in [5.41, 5.74) is 8.18. The number of hydrogen-bond donors (Lipinski definition) is 1. The van der Waals surface area contributed by atoms with E-state index in [1.165, 1.54) is 31.7 Å². The quantitative estimate of drug-likeness (QED) is 0.363. The maximum absolute atomic E-state index is 15.0. The van der Waals surface area contributed by atoms with E-state index in [0.717, 1.165) is 49.7 Å². The highest BCUT2D eigenvalue weighted by Gasteiger charge is 2.45. The molecule has 0 unspecified atom stereocenters. The standard InChI is InChI=1S/C24H36FNO2/c1-3-4-5-6-9-12-22(27)28-18-15-20-19(21(25)16-18)14-17-11-8-7-10-13-24(20,2)23(17)26/h15-17,23H,3-14,26H2,1-2H3/t17-,23-,24+/m0/s1. The molecular weight excluding hydrogens is 353 g/mol. The first-order valence-electron chi connectivity index (χ1n) is 11.2. The summed E-state index contributed by atoms with van der Waals surface area (Å²) in [6.07, 6.45) is 12.0. The number of halogens is 1. The summed E-state index contributed by atoms with van der Waals surface area (Å²) in [4.78, 5) is 12.2. The number of rotatable bonds is 7. The predicted molar refractivity (Wildman–Crippen MR) is 111 cm³/mol. The Labute approximate surface area is 169 Å². The maximum atomic E-state index is 15.0. The van der Waals surface area contributed by atoms with E-state index in [0.29, 0.717) is 24.5 Å². The summed E-state index contributed by atoms with van der Waals surface area (Å²) in [7, 11) is 0. The SMILES string of the molecule is CCCCCCCC(=O)Oc1cc(F)c2c(c1)[C@@]1(C)CCCCC[C@@H](C2)[C@@H]1N. The molecule has 0 amide bonds. The van der Waals surface area contributed by atoms with Gasteiger partial charge in [-0.3, -0.25) is 4.79 Å². The fraction of sp³-hybridized carbons (Fsp3) is 0.708. The second kappa shape index (κ2) is 9.39. The summed E-state index contributed by atoms with van der Waals surface area (Å²) >= 11 is 0. The molecule has 1 fully saturated rings. The minimum Gasteiger partial charge on any atom is -0.426 e. The Morgan fingerprint density at radius 1 is 1.21 bits per heavy atom. The van der Waals surface area contributed by atoms with Gasteiger partial charge in [0.1, 0.15) is 11.6 Å². The number of benzene rings is 1. The summed E-state index contributed by atoms with van der Waals surface area (Å²) in [5, 5.41) is 0. The van der Waals surface area contributed by atoms with E-state index >= 15 is 0 Å². The second-order valence-corrected chi connectivity index (χ2v) is 9.08. The van der Waals surface area contributed by atoms with Gasteiger partial charge >= 0.3 is 5.97 Å². The number of ether oxygens (including phenoxy) is 1. The molecule has 1 aromatic rings. The van der Waals surface area contributed by atoms with Gasteiger partial charge < -0.3 is 10.5 Å². The minimum absolute atomic E-state index is 0.0317.